The van der Waals surface area contributed by atoms with Gasteiger partial charge in [-0.05, 0) is 43.0 Å². The lowest BCUT2D eigenvalue weighted by Gasteiger charge is -1.99. The molecular weight excluding hydrogens is 434 g/mol. The number of hydrogen-bond donors (Lipinski definition) is 1. The molecule has 0 amide bonds. The number of hydrogen-bond acceptors (Lipinski definition) is 1. The van der Waals surface area contributed by atoms with Crippen LogP contribution in [0, 0.1) is 0 Å². The van der Waals surface area contributed by atoms with Gasteiger partial charge in [-0.25, -0.2) is 0 Å². The summed E-state index contributed by atoms with van der Waals surface area (Å²) in [4.78, 5) is 0. The number of nitrogens with one attached hydrogen (secondary N) is 1. The summed E-state index contributed by atoms with van der Waals surface area (Å²) in [6.07, 6.45) is 6.15. The summed E-state index contributed by atoms with van der Waals surface area (Å²) in [7, 11) is 0. The van der Waals surface area contributed by atoms with Crippen LogP contribution >= 0.6 is 0 Å². The van der Waals surface area contributed by atoms with E-state index in [1.54, 1.807) is 0 Å². The normalized spacial score (nSPS) is 7.97. The predicted molar refractivity (Wildman–Crippen MR) is 171 cm³/mol. The number of benzene rings is 3. The summed E-state index contributed by atoms with van der Waals surface area (Å²) < 4.78 is 0. The molecule has 1 heteroatoms. The van der Waals surface area contributed by atoms with Crippen molar-refractivity contribution in [3.8, 4) is 0 Å². The molecule has 0 aliphatic heterocycles. The van der Waals surface area contributed by atoms with Crippen molar-refractivity contribution in [1.29, 1.82) is 0 Å². The number of anilines is 1. The lowest BCUT2D eigenvalue weighted by molar-refractivity contribution is 0.922. The van der Waals surface area contributed by atoms with Crippen molar-refractivity contribution in [2.45, 2.75) is 108 Å². The lowest BCUT2D eigenvalue weighted by atomic mass is 10.1. The first kappa shape index (κ1) is 40.6. The summed E-state index contributed by atoms with van der Waals surface area (Å²) >= 11 is 0. The first-order valence-electron chi connectivity index (χ1n) is 14.6. The fourth-order valence-electron chi connectivity index (χ4n) is 2.63. The van der Waals surface area contributed by atoms with E-state index in [9.17, 15) is 0 Å². The number of aryl methyl sites for hydroxylation is 2. The Labute approximate surface area is 227 Å². The molecule has 206 valence electrons. The van der Waals surface area contributed by atoms with Crippen molar-refractivity contribution in [2.24, 2.45) is 0 Å². The maximum Gasteiger partial charge on any atom is 0.0340 e. The van der Waals surface area contributed by atoms with Crippen molar-refractivity contribution >= 4 is 5.69 Å². The van der Waals surface area contributed by atoms with Crippen molar-refractivity contribution in [1.82, 2.24) is 0 Å². The van der Waals surface area contributed by atoms with E-state index in [4.69, 9.17) is 0 Å². The first-order valence-corrected chi connectivity index (χ1v) is 14.6. The van der Waals surface area contributed by atoms with Crippen LogP contribution < -0.4 is 5.32 Å². The largest absolute Gasteiger partial charge is 0.385 e. The lowest BCUT2D eigenvalue weighted by Crippen LogP contribution is -1.94. The highest BCUT2D eigenvalue weighted by molar-refractivity contribution is 5.41. The molecule has 0 saturated heterocycles. The van der Waals surface area contributed by atoms with Crippen molar-refractivity contribution < 1.29 is 0 Å². The molecule has 0 spiro atoms. The molecule has 0 heterocycles. The zero-order chi connectivity index (χ0) is 28.3. The van der Waals surface area contributed by atoms with Crippen LogP contribution in [0.15, 0.2) is 91.0 Å². The molecule has 0 fully saturated rings. The molecule has 0 aliphatic rings. The average Bonchev–Trinajstić information content (AvgIpc) is 2.96. The van der Waals surface area contributed by atoms with Crippen LogP contribution in [-0.2, 0) is 12.8 Å². The second-order valence-corrected chi connectivity index (χ2v) is 7.07. The quantitative estimate of drug-likeness (QED) is 0.358. The monoisotopic (exact) mass is 495 g/mol. The Morgan fingerprint density at radius 1 is 0.444 bits per heavy atom. The van der Waals surface area contributed by atoms with Crippen LogP contribution in [0.5, 0.6) is 0 Å². The van der Waals surface area contributed by atoms with Gasteiger partial charge in [0.15, 0.2) is 0 Å². The van der Waals surface area contributed by atoms with Crippen LogP contribution in [0.25, 0.3) is 0 Å². The van der Waals surface area contributed by atoms with E-state index in [0.717, 1.165) is 6.54 Å². The van der Waals surface area contributed by atoms with E-state index in [1.807, 2.05) is 59.7 Å². The molecule has 0 atom stereocenters. The van der Waals surface area contributed by atoms with Crippen molar-refractivity contribution in [3.63, 3.8) is 0 Å². The topological polar surface area (TPSA) is 12.0 Å². The van der Waals surface area contributed by atoms with E-state index in [1.165, 1.54) is 48.9 Å². The molecule has 0 aliphatic carbocycles. The van der Waals surface area contributed by atoms with Gasteiger partial charge in [-0.15, -0.1) is 0 Å². The van der Waals surface area contributed by atoms with E-state index >= 15 is 0 Å². The van der Waals surface area contributed by atoms with E-state index < -0.39 is 0 Å². The van der Waals surface area contributed by atoms with Crippen LogP contribution in [0.3, 0.4) is 0 Å². The van der Waals surface area contributed by atoms with Crippen LogP contribution in [0.1, 0.15) is 107 Å². The number of para-hydroxylation sites is 1. The Morgan fingerprint density at radius 3 is 0.972 bits per heavy atom. The Morgan fingerprint density at radius 2 is 0.722 bits per heavy atom. The highest BCUT2D eigenvalue weighted by atomic mass is 14.8. The maximum atomic E-state index is 3.21. The van der Waals surface area contributed by atoms with Gasteiger partial charge in [0.25, 0.3) is 0 Å². The molecule has 3 aromatic carbocycles. The summed E-state index contributed by atoms with van der Waals surface area (Å²) in [5, 5.41) is 3.21. The summed E-state index contributed by atoms with van der Waals surface area (Å²) in [5.41, 5.74) is 4.08. The van der Waals surface area contributed by atoms with Crippen molar-refractivity contribution in [3.05, 3.63) is 102 Å². The third kappa shape index (κ3) is 31.5. The minimum absolute atomic E-state index is 0.990. The molecular formula is C35H61N. The Kier molecular flexibility index (Phi) is 44.8. The van der Waals surface area contributed by atoms with Gasteiger partial charge in [0.05, 0.1) is 0 Å². The second kappa shape index (κ2) is 39.7. The SMILES string of the molecule is CC.CC.CC.CCC.CCCc1ccccc1.CCCc1ccccc1.CCNc1ccccc1. The highest BCUT2D eigenvalue weighted by Crippen LogP contribution is 2.03. The molecule has 3 aromatic rings. The summed E-state index contributed by atoms with van der Waals surface area (Å²) in [5.74, 6) is 0. The smallest absolute Gasteiger partial charge is 0.0340 e. The van der Waals surface area contributed by atoms with Crippen molar-refractivity contribution in [2.75, 3.05) is 11.9 Å². The summed E-state index contributed by atoms with van der Waals surface area (Å²) in [6, 6.07) is 31.3. The third-order valence-corrected chi connectivity index (χ3v) is 3.92. The molecule has 0 bridgehead atoms. The van der Waals surface area contributed by atoms with Gasteiger partial charge in [0, 0.05) is 12.2 Å². The molecule has 0 unspecified atom stereocenters. The van der Waals surface area contributed by atoms with Crippen LogP contribution in [0.2, 0.25) is 0 Å². The van der Waals surface area contributed by atoms with Gasteiger partial charge in [-0.1, -0.05) is 167 Å². The van der Waals surface area contributed by atoms with Gasteiger partial charge in [-0.2, -0.15) is 0 Å². The van der Waals surface area contributed by atoms with Gasteiger partial charge >= 0.3 is 0 Å². The zero-order valence-electron chi connectivity index (χ0n) is 25.9. The standard InChI is InChI=1S/2C9H12.C8H11N.C3H8.3C2H6/c2*1-2-6-9-7-4-3-5-8-9;1-2-9-8-6-4-3-5-7-8;1-3-2;3*1-2/h2*3-5,7-8H,2,6H2,1H3;3-7,9H,2H2,1H3;3H2,1-2H3;3*1-2H3. The number of rotatable bonds is 6. The van der Waals surface area contributed by atoms with Gasteiger partial charge in [0.2, 0.25) is 0 Å². The molecule has 0 radical (unpaired) electrons. The van der Waals surface area contributed by atoms with E-state index in [2.05, 4.69) is 113 Å². The predicted octanol–water partition coefficient (Wildman–Crippen LogP) is 11.9. The molecule has 1 nitrogen and oxygen atoms in total. The van der Waals surface area contributed by atoms with Gasteiger partial charge in [-0.3, -0.25) is 0 Å². The minimum atomic E-state index is 0.990. The average molecular weight is 496 g/mol. The zero-order valence-corrected chi connectivity index (χ0v) is 25.9. The second-order valence-electron chi connectivity index (χ2n) is 7.07. The highest BCUT2D eigenvalue weighted by Gasteiger charge is 1.85. The summed E-state index contributed by atoms with van der Waals surface area (Å²) in [6.45, 7) is 23.7. The fourth-order valence-corrected chi connectivity index (χ4v) is 2.63. The molecule has 3 rings (SSSR count). The van der Waals surface area contributed by atoms with Gasteiger partial charge in [0.1, 0.15) is 0 Å². The molecule has 1 N–H and O–H groups in total. The van der Waals surface area contributed by atoms with E-state index in [-0.39, 0.29) is 0 Å². The fraction of sp³-hybridized carbons (Fsp3) is 0.486. The van der Waals surface area contributed by atoms with Gasteiger partial charge < -0.3 is 5.32 Å². The minimum Gasteiger partial charge on any atom is -0.385 e. The maximum absolute atomic E-state index is 3.21. The molecule has 0 saturated carbocycles. The first-order chi connectivity index (χ1) is 17.7. The Balaban J connectivity index is -0.000000184. The third-order valence-electron chi connectivity index (χ3n) is 3.92. The van der Waals surface area contributed by atoms with Crippen LogP contribution in [-0.4, -0.2) is 6.54 Å². The Hall–Kier alpha value is -2.54. The molecule has 36 heavy (non-hydrogen) atoms. The molecule has 0 aromatic heterocycles. The Bertz CT molecular complexity index is 579. The van der Waals surface area contributed by atoms with Crippen LogP contribution in [0.4, 0.5) is 5.69 Å². The van der Waals surface area contributed by atoms with E-state index in [0.29, 0.717) is 0 Å².